The third-order valence-electron chi connectivity index (χ3n) is 1.01. The van der Waals surface area contributed by atoms with Gasteiger partial charge < -0.3 is 16.4 Å². The Labute approximate surface area is 54.8 Å². The molecule has 0 fully saturated rings. The normalized spacial score (nSPS) is 12.8. The monoisotopic (exact) mass is 131 g/mol. The number of carbonyl (C=O) groups is 1. The van der Waals surface area contributed by atoms with Gasteiger partial charge in [-0.15, -0.1) is 0 Å². The standard InChI is InChI=1S/C5H13N3O/c1-7-3-4(6)5(9)8-2/h4,7H,3,6H2,1-2H3,(H,8,9)/t4-/m0/s1. The molecule has 0 spiro atoms. The summed E-state index contributed by atoms with van der Waals surface area (Å²) in [5, 5.41) is 5.24. The van der Waals surface area contributed by atoms with E-state index in [1.165, 1.54) is 0 Å². The van der Waals surface area contributed by atoms with E-state index < -0.39 is 6.04 Å². The summed E-state index contributed by atoms with van der Waals surface area (Å²) < 4.78 is 0. The highest BCUT2D eigenvalue weighted by Crippen LogP contribution is 1.72. The highest BCUT2D eigenvalue weighted by molar-refractivity contribution is 5.81. The third-order valence-corrected chi connectivity index (χ3v) is 1.01. The van der Waals surface area contributed by atoms with Gasteiger partial charge in [-0.2, -0.15) is 0 Å². The van der Waals surface area contributed by atoms with Crippen molar-refractivity contribution in [1.29, 1.82) is 0 Å². The van der Waals surface area contributed by atoms with Crippen LogP contribution in [0.15, 0.2) is 0 Å². The number of amides is 1. The molecule has 0 aliphatic heterocycles. The highest BCUT2D eigenvalue weighted by Gasteiger charge is 2.08. The maximum absolute atomic E-state index is 10.6. The van der Waals surface area contributed by atoms with Crippen molar-refractivity contribution in [1.82, 2.24) is 10.6 Å². The van der Waals surface area contributed by atoms with Crippen molar-refractivity contribution in [3.63, 3.8) is 0 Å². The molecule has 4 nitrogen and oxygen atoms in total. The molecule has 1 amide bonds. The van der Waals surface area contributed by atoms with Crippen molar-refractivity contribution in [3.8, 4) is 0 Å². The first kappa shape index (κ1) is 8.39. The van der Waals surface area contributed by atoms with Gasteiger partial charge in [0.05, 0.1) is 6.04 Å². The van der Waals surface area contributed by atoms with Crippen LogP contribution in [0, 0.1) is 0 Å². The molecule has 0 saturated carbocycles. The summed E-state index contributed by atoms with van der Waals surface area (Å²) in [5.74, 6) is -0.135. The van der Waals surface area contributed by atoms with Crippen LogP contribution >= 0.6 is 0 Å². The fraction of sp³-hybridized carbons (Fsp3) is 0.800. The Balaban J connectivity index is 3.45. The molecule has 0 unspecified atom stereocenters. The Morgan fingerprint density at radius 1 is 1.67 bits per heavy atom. The van der Waals surface area contributed by atoms with Crippen LogP contribution in [-0.2, 0) is 4.79 Å². The van der Waals surface area contributed by atoms with Crippen molar-refractivity contribution in [3.05, 3.63) is 0 Å². The van der Waals surface area contributed by atoms with Crippen LogP contribution in [0.1, 0.15) is 0 Å². The Hall–Kier alpha value is -0.610. The largest absolute Gasteiger partial charge is 0.358 e. The van der Waals surface area contributed by atoms with E-state index in [1.54, 1.807) is 14.1 Å². The van der Waals surface area contributed by atoms with Crippen molar-refractivity contribution in [2.24, 2.45) is 5.73 Å². The first-order valence-corrected chi connectivity index (χ1v) is 2.84. The predicted octanol–water partition coefficient (Wildman–Crippen LogP) is -1.72. The number of nitrogens with two attached hydrogens (primary N) is 1. The smallest absolute Gasteiger partial charge is 0.237 e. The summed E-state index contributed by atoms with van der Waals surface area (Å²) in [6.07, 6.45) is 0. The topological polar surface area (TPSA) is 67.1 Å². The van der Waals surface area contributed by atoms with Crippen LogP contribution in [-0.4, -0.2) is 32.6 Å². The quantitative estimate of drug-likeness (QED) is 0.427. The molecule has 0 radical (unpaired) electrons. The Bertz CT molecular complexity index is 94.2. The average molecular weight is 131 g/mol. The minimum atomic E-state index is -0.431. The summed E-state index contributed by atoms with van der Waals surface area (Å²) >= 11 is 0. The molecule has 54 valence electrons. The SMILES string of the molecule is CNC[C@H](N)C(=O)NC. The molecule has 0 aromatic rings. The fourth-order valence-electron chi connectivity index (χ4n) is 0.498. The van der Waals surface area contributed by atoms with Crippen LogP contribution < -0.4 is 16.4 Å². The molecule has 0 saturated heterocycles. The van der Waals surface area contributed by atoms with Crippen LogP contribution in [0.3, 0.4) is 0 Å². The fourth-order valence-corrected chi connectivity index (χ4v) is 0.498. The average Bonchev–Trinajstić information content (AvgIpc) is 1.87. The zero-order valence-electron chi connectivity index (χ0n) is 5.77. The molecule has 9 heavy (non-hydrogen) atoms. The van der Waals surface area contributed by atoms with Crippen molar-refractivity contribution in [2.75, 3.05) is 20.6 Å². The van der Waals surface area contributed by atoms with E-state index in [9.17, 15) is 4.79 Å². The Morgan fingerprint density at radius 2 is 2.22 bits per heavy atom. The second-order valence-electron chi connectivity index (χ2n) is 1.78. The summed E-state index contributed by atoms with van der Waals surface area (Å²) in [6.45, 7) is 0.514. The second kappa shape index (κ2) is 4.29. The highest BCUT2D eigenvalue weighted by atomic mass is 16.2. The first-order valence-electron chi connectivity index (χ1n) is 2.84. The molecule has 0 heterocycles. The Morgan fingerprint density at radius 3 is 2.56 bits per heavy atom. The molecule has 0 aliphatic rings. The maximum Gasteiger partial charge on any atom is 0.237 e. The van der Waals surface area contributed by atoms with Crippen molar-refractivity contribution >= 4 is 5.91 Å². The van der Waals surface area contributed by atoms with Gasteiger partial charge in [0.1, 0.15) is 0 Å². The second-order valence-corrected chi connectivity index (χ2v) is 1.78. The van der Waals surface area contributed by atoms with Gasteiger partial charge in [0.15, 0.2) is 0 Å². The molecule has 0 aliphatic carbocycles. The number of hydrogen-bond acceptors (Lipinski definition) is 3. The maximum atomic E-state index is 10.6. The van der Waals surface area contributed by atoms with Crippen LogP contribution in [0.4, 0.5) is 0 Å². The van der Waals surface area contributed by atoms with Gasteiger partial charge >= 0.3 is 0 Å². The lowest BCUT2D eigenvalue weighted by atomic mass is 10.3. The minimum absolute atomic E-state index is 0.135. The number of rotatable bonds is 3. The van der Waals surface area contributed by atoms with E-state index in [-0.39, 0.29) is 5.91 Å². The lowest BCUT2D eigenvalue weighted by Gasteiger charge is -2.07. The summed E-state index contributed by atoms with van der Waals surface area (Å²) in [5.41, 5.74) is 5.36. The van der Waals surface area contributed by atoms with Crippen LogP contribution in [0.25, 0.3) is 0 Å². The zero-order chi connectivity index (χ0) is 7.28. The van der Waals surface area contributed by atoms with E-state index in [2.05, 4.69) is 10.6 Å². The minimum Gasteiger partial charge on any atom is -0.358 e. The van der Waals surface area contributed by atoms with E-state index in [0.29, 0.717) is 6.54 Å². The third kappa shape index (κ3) is 3.05. The van der Waals surface area contributed by atoms with Gasteiger partial charge in [-0.25, -0.2) is 0 Å². The van der Waals surface area contributed by atoms with E-state index in [4.69, 9.17) is 5.73 Å². The number of carbonyl (C=O) groups excluding carboxylic acids is 1. The van der Waals surface area contributed by atoms with Gasteiger partial charge in [-0.05, 0) is 7.05 Å². The molecule has 1 atom stereocenters. The van der Waals surface area contributed by atoms with Gasteiger partial charge in [-0.1, -0.05) is 0 Å². The lowest BCUT2D eigenvalue weighted by molar-refractivity contribution is -0.121. The number of nitrogens with one attached hydrogen (secondary N) is 2. The molecule has 0 aromatic carbocycles. The van der Waals surface area contributed by atoms with E-state index in [0.717, 1.165) is 0 Å². The van der Waals surface area contributed by atoms with Crippen molar-refractivity contribution < 1.29 is 4.79 Å². The molecular weight excluding hydrogens is 118 g/mol. The predicted molar refractivity (Wildman–Crippen MR) is 36.0 cm³/mol. The van der Waals surface area contributed by atoms with Crippen molar-refractivity contribution in [2.45, 2.75) is 6.04 Å². The summed E-state index contributed by atoms with van der Waals surface area (Å²) in [4.78, 5) is 10.6. The number of likely N-dealkylation sites (N-methyl/N-ethyl adjacent to an activating group) is 2. The number of hydrogen-bond donors (Lipinski definition) is 3. The zero-order valence-corrected chi connectivity index (χ0v) is 5.77. The molecule has 0 rings (SSSR count). The Kier molecular flexibility index (Phi) is 4.00. The van der Waals surface area contributed by atoms with Crippen LogP contribution in [0.5, 0.6) is 0 Å². The van der Waals surface area contributed by atoms with Gasteiger partial charge in [0, 0.05) is 13.6 Å². The molecule has 4 heteroatoms. The molecular formula is C5H13N3O. The first-order chi connectivity index (χ1) is 4.22. The molecule has 0 bridgehead atoms. The van der Waals surface area contributed by atoms with Gasteiger partial charge in [0.2, 0.25) is 5.91 Å². The van der Waals surface area contributed by atoms with Gasteiger partial charge in [-0.3, -0.25) is 4.79 Å². The van der Waals surface area contributed by atoms with E-state index >= 15 is 0 Å². The molecule has 0 aromatic heterocycles. The van der Waals surface area contributed by atoms with E-state index in [1.807, 2.05) is 0 Å². The summed E-state index contributed by atoms with van der Waals surface area (Å²) in [6, 6.07) is -0.431. The van der Waals surface area contributed by atoms with Crippen LogP contribution in [0.2, 0.25) is 0 Å². The molecule has 4 N–H and O–H groups in total. The lowest BCUT2D eigenvalue weighted by Crippen LogP contribution is -2.44. The van der Waals surface area contributed by atoms with Gasteiger partial charge in [0.25, 0.3) is 0 Å². The summed E-state index contributed by atoms with van der Waals surface area (Å²) in [7, 11) is 3.32.